The van der Waals surface area contributed by atoms with Crippen LogP contribution in [-0.4, -0.2) is 33.5 Å². The second-order valence-corrected chi connectivity index (χ2v) is 9.49. The van der Waals surface area contributed by atoms with E-state index in [1.54, 1.807) is 37.8 Å². The van der Waals surface area contributed by atoms with E-state index in [2.05, 4.69) is 5.32 Å². The predicted molar refractivity (Wildman–Crippen MR) is 137 cm³/mol. The molecule has 0 heterocycles. The Hall–Kier alpha value is -4.20. The molecule has 0 saturated heterocycles. The van der Waals surface area contributed by atoms with Gasteiger partial charge in [-0.1, -0.05) is 72.8 Å². The Bertz CT molecular complexity index is 1120. The molecule has 0 unspecified atom stereocenters. The first kappa shape index (κ1) is 26.4. The molecule has 0 bridgehead atoms. The summed E-state index contributed by atoms with van der Waals surface area (Å²) in [5.74, 6) is -0.285. The number of carbonyl (C=O) groups excluding carboxylic acids is 2. The fraction of sp³-hybridized carbons (Fsp3) is 0.286. The molecule has 0 spiro atoms. The van der Waals surface area contributed by atoms with Crippen LogP contribution < -0.4 is 5.32 Å². The third-order valence-electron chi connectivity index (χ3n) is 5.32. The summed E-state index contributed by atoms with van der Waals surface area (Å²) in [6, 6.07) is 24.2. The third-order valence-corrected chi connectivity index (χ3v) is 5.32. The zero-order chi connectivity index (χ0) is 26.1. The molecule has 2 amide bonds. The van der Waals surface area contributed by atoms with E-state index >= 15 is 0 Å². The molecule has 3 rings (SSSR count). The predicted octanol–water partition coefficient (Wildman–Crippen LogP) is 5.26. The quantitative estimate of drug-likeness (QED) is 0.326. The first-order valence-corrected chi connectivity index (χ1v) is 11.7. The van der Waals surface area contributed by atoms with Crippen molar-refractivity contribution in [2.45, 2.75) is 51.9 Å². The van der Waals surface area contributed by atoms with Crippen LogP contribution >= 0.6 is 0 Å². The number of nitrogens with zero attached hydrogens (tertiary/aromatic N) is 2. The second-order valence-electron chi connectivity index (χ2n) is 9.49. The van der Waals surface area contributed by atoms with E-state index in [4.69, 9.17) is 4.74 Å². The van der Waals surface area contributed by atoms with Crippen LogP contribution in [0.1, 0.15) is 37.5 Å². The van der Waals surface area contributed by atoms with Crippen LogP contribution in [0.15, 0.2) is 84.9 Å². The van der Waals surface area contributed by atoms with E-state index in [0.717, 1.165) is 11.1 Å². The highest BCUT2D eigenvalue weighted by Crippen LogP contribution is 2.17. The topological polar surface area (TPSA) is 102 Å². The maximum absolute atomic E-state index is 13.9. The number of nitro benzene ring substituents is 1. The van der Waals surface area contributed by atoms with Crippen molar-refractivity contribution in [3.05, 3.63) is 112 Å². The lowest BCUT2D eigenvalue weighted by Crippen LogP contribution is -2.50. The van der Waals surface area contributed by atoms with Gasteiger partial charge in [-0.15, -0.1) is 0 Å². The standard InChI is InChI=1S/C28H31N3O5/c1-28(2,3)36-27(33)29-25(18-21-14-16-24(17-15-21)31(34)35)26(32)30(19-22-10-6-4-7-11-22)20-23-12-8-5-9-13-23/h4-17,25H,18-20H2,1-3H3,(H,29,33)/t25-/m0/s1. The summed E-state index contributed by atoms with van der Waals surface area (Å²) in [5.41, 5.74) is 1.80. The average Bonchev–Trinajstić information content (AvgIpc) is 2.83. The Morgan fingerprint density at radius 1 is 0.861 bits per heavy atom. The molecule has 0 radical (unpaired) electrons. The number of rotatable bonds is 9. The molecular weight excluding hydrogens is 458 g/mol. The van der Waals surface area contributed by atoms with Gasteiger partial charge in [-0.3, -0.25) is 14.9 Å². The molecule has 0 aliphatic carbocycles. The number of ether oxygens (including phenoxy) is 1. The third kappa shape index (κ3) is 8.23. The van der Waals surface area contributed by atoms with Crippen LogP contribution in [-0.2, 0) is 29.0 Å². The van der Waals surface area contributed by atoms with Crippen LogP contribution in [0.25, 0.3) is 0 Å². The lowest BCUT2D eigenvalue weighted by molar-refractivity contribution is -0.384. The van der Waals surface area contributed by atoms with Gasteiger partial charge in [0, 0.05) is 31.6 Å². The van der Waals surface area contributed by atoms with Gasteiger partial charge in [-0.2, -0.15) is 0 Å². The van der Waals surface area contributed by atoms with Crippen molar-refractivity contribution in [3.8, 4) is 0 Å². The lowest BCUT2D eigenvalue weighted by atomic mass is 10.0. The smallest absolute Gasteiger partial charge is 0.408 e. The SMILES string of the molecule is CC(C)(C)OC(=O)N[C@@H](Cc1ccc([N+](=O)[O-])cc1)C(=O)N(Cc1ccccc1)Cc1ccccc1. The molecule has 0 aliphatic rings. The molecular formula is C28H31N3O5. The van der Waals surface area contributed by atoms with Crippen molar-refractivity contribution in [1.29, 1.82) is 0 Å². The van der Waals surface area contributed by atoms with Crippen molar-refractivity contribution >= 4 is 17.7 Å². The molecule has 0 aliphatic heterocycles. The van der Waals surface area contributed by atoms with E-state index in [0.29, 0.717) is 18.7 Å². The summed E-state index contributed by atoms with van der Waals surface area (Å²) in [7, 11) is 0. The first-order chi connectivity index (χ1) is 17.1. The molecule has 8 heteroatoms. The minimum absolute atomic E-state index is 0.0449. The highest BCUT2D eigenvalue weighted by atomic mass is 16.6. The number of non-ortho nitro benzene ring substituents is 1. The van der Waals surface area contributed by atoms with Gasteiger partial charge in [0.1, 0.15) is 11.6 Å². The molecule has 0 aromatic heterocycles. The van der Waals surface area contributed by atoms with Crippen LogP contribution in [0.2, 0.25) is 0 Å². The van der Waals surface area contributed by atoms with Gasteiger partial charge in [-0.05, 0) is 37.5 Å². The number of nitrogens with one attached hydrogen (secondary N) is 1. The van der Waals surface area contributed by atoms with Crippen molar-refractivity contribution in [3.63, 3.8) is 0 Å². The second kappa shape index (κ2) is 12.0. The molecule has 3 aromatic carbocycles. The van der Waals surface area contributed by atoms with Gasteiger partial charge in [0.05, 0.1) is 4.92 Å². The van der Waals surface area contributed by atoms with Crippen molar-refractivity contribution in [1.82, 2.24) is 10.2 Å². The highest BCUT2D eigenvalue weighted by molar-refractivity contribution is 5.86. The van der Waals surface area contributed by atoms with E-state index in [-0.39, 0.29) is 18.0 Å². The van der Waals surface area contributed by atoms with Crippen LogP contribution in [0.4, 0.5) is 10.5 Å². The van der Waals surface area contributed by atoms with Gasteiger partial charge in [-0.25, -0.2) is 4.79 Å². The minimum Gasteiger partial charge on any atom is -0.444 e. The molecule has 0 saturated carbocycles. The summed E-state index contributed by atoms with van der Waals surface area (Å²) >= 11 is 0. The van der Waals surface area contributed by atoms with Crippen molar-refractivity contribution < 1.29 is 19.2 Å². The lowest BCUT2D eigenvalue weighted by Gasteiger charge is -2.29. The number of hydrogen-bond acceptors (Lipinski definition) is 5. The van der Waals surface area contributed by atoms with Crippen LogP contribution in [0.3, 0.4) is 0 Å². The first-order valence-electron chi connectivity index (χ1n) is 11.7. The largest absolute Gasteiger partial charge is 0.444 e. The van der Waals surface area contributed by atoms with E-state index in [9.17, 15) is 19.7 Å². The summed E-state index contributed by atoms with van der Waals surface area (Å²) in [4.78, 5) is 38.8. The Kier molecular flexibility index (Phi) is 8.78. The van der Waals surface area contributed by atoms with Crippen LogP contribution in [0, 0.1) is 10.1 Å². The Morgan fingerprint density at radius 2 is 1.36 bits per heavy atom. The Balaban J connectivity index is 1.89. The number of alkyl carbamates (subject to hydrolysis) is 1. The number of carbonyl (C=O) groups is 2. The zero-order valence-corrected chi connectivity index (χ0v) is 20.7. The maximum atomic E-state index is 13.9. The van der Waals surface area contributed by atoms with Crippen molar-refractivity contribution in [2.75, 3.05) is 0 Å². The normalized spacial score (nSPS) is 11.9. The highest BCUT2D eigenvalue weighted by Gasteiger charge is 2.29. The average molecular weight is 490 g/mol. The molecule has 188 valence electrons. The van der Waals surface area contributed by atoms with Gasteiger partial charge in [0.15, 0.2) is 0 Å². The number of hydrogen-bond donors (Lipinski definition) is 1. The number of benzene rings is 3. The Morgan fingerprint density at radius 3 is 1.81 bits per heavy atom. The van der Waals surface area contributed by atoms with E-state index in [1.165, 1.54) is 12.1 Å². The summed E-state index contributed by atoms with van der Waals surface area (Å²) in [6.07, 6.45) is -0.557. The van der Waals surface area contributed by atoms with E-state index < -0.39 is 22.7 Å². The van der Waals surface area contributed by atoms with Gasteiger partial charge in [0.25, 0.3) is 5.69 Å². The Labute approximate surface area is 211 Å². The number of nitro groups is 1. The fourth-order valence-corrected chi connectivity index (χ4v) is 3.68. The molecule has 8 nitrogen and oxygen atoms in total. The molecule has 1 N–H and O–H groups in total. The summed E-state index contributed by atoms with van der Waals surface area (Å²) < 4.78 is 5.41. The van der Waals surface area contributed by atoms with Gasteiger partial charge < -0.3 is 15.0 Å². The number of amides is 2. The fourth-order valence-electron chi connectivity index (χ4n) is 3.68. The molecule has 1 atom stereocenters. The molecule has 3 aromatic rings. The van der Waals surface area contributed by atoms with Gasteiger partial charge >= 0.3 is 6.09 Å². The van der Waals surface area contributed by atoms with Gasteiger partial charge in [0.2, 0.25) is 5.91 Å². The molecule has 36 heavy (non-hydrogen) atoms. The zero-order valence-electron chi connectivity index (χ0n) is 20.7. The van der Waals surface area contributed by atoms with Crippen LogP contribution in [0.5, 0.6) is 0 Å². The van der Waals surface area contributed by atoms with E-state index in [1.807, 2.05) is 60.7 Å². The summed E-state index contributed by atoms with van der Waals surface area (Å²) in [6.45, 7) is 5.94. The maximum Gasteiger partial charge on any atom is 0.408 e. The molecule has 0 fully saturated rings. The monoisotopic (exact) mass is 489 g/mol. The summed E-state index contributed by atoms with van der Waals surface area (Å²) in [5, 5.41) is 13.8. The minimum atomic E-state index is -0.936. The van der Waals surface area contributed by atoms with Crippen molar-refractivity contribution in [2.24, 2.45) is 0 Å².